The quantitative estimate of drug-likeness (QED) is 0.434. The van der Waals surface area contributed by atoms with Crippen LogP contribution in [0.4, 0.5) is 0 Å². The molecule has 3 nitrogen and oxygen atoms in total. The Labute approximate surface area is 155 Å². The smallest absolute Gasteiger partial charge is 0.320 e. The van der Waals surface area contributed by atoms with Gasteiger partial charge in [-0.05, 0) is 56.6 Å². The molecule has 0 aliphatic heterocycles. The molecule has 1 aromatic carbocycles. The number of rotatable bonds is 2. The molecule has 0 radical (unpaired) electrons. The van der Waals surface area contributed by atoms with Gasteiger partial charge in [0.05, 0.1) is 7.11 Å². The first-order chi connectivity index (χ1) is 12.6. The third kappa shape index (κ3) is 2.48. The van der Waals surface area contributed by atoms with E-state index in [0.717, 1.165) is 31.3 Å². The van der Waals surface area contributed by atoms with Crippen LogP contribution in [-0.4, -0.2) is 18.9 Å². The van der Waals surface area contributed by atoms with Crippen molar-refractivity contribution in [1.29, 1.82) is 0 Å². The molecule has 0 unspecified atom stereocenters. The van der Waals surface area contributed by atoms with Gasteiger partial charge in [0.1, 0.15) is 5.41 Å². The minimum atomic E-state index is -0.982. The number of fused-ring (bicyclic) bond motifs is 2. The fourth-order valence-corrected chi connectivity index (χ4v) is 5.22. The van der Waals surface area contributed by atoms with Gasteiger partial charge in [-0.1, -0.05) is 47.9 Å². The summed E-state index contributed by atoms with van der Waals surface area (Å²) >= 11 is 0. The Kier molecular flexibility index (Phi) is 4.34. The summed E-state index contributed by atoms with van der Waals surface area (Å²) in [4.78, 5) is 26.0. The van der Waals surface area contributed by atoms with Gasteiger partial charge in [-0.3, -0.25) is 9.59 Å². The van der Waals surface area contributed by atoms with Crippen LogP contribution in [0.1, 0.15) is 57.4 Å². The van der Waals surface area contributed by atoms with E-state index in [1.54, 1.807) is 0 Å². The molecule has 0 heterocycles. The van der Waals surface area contributed by atoms with Crippen molar-refractivity contribution in [2.45, 2.75) is 51.9 Å². The fourth-order valence-electron chi connectivity index (χ4n) is 5.22. The lowest BCUT2D eigenvalue weighted by atomic mass is 9.74. The Bertz CT molecular complexity index is 807. The molecule has 2 bridgehead atoms. The van der Waals surface area contributed by atoms with Crippen molar-refractivity contribution in [2.24, 2.45) is 11.3 Å². The van der Waals surface area contributed by atoms with Crippen LogP contribution in [0.3, 0.4) is 0 Å². The molecule has 136 valence electrons. The van der Waals surface area contributed by atoms with E-state index < -0.39 is 5.41 Å². The minimum absolute atomic E-state index is 0.0517. The lowest BCUT2D eigenvalue weighted by Crippen LogP contribution is -2.37. The van der Waals surface area contributed by atoms with Crippen molar-refractivity contribution in [3.8, 4) is 0 Å². The predicted octanol–water partition coefficient (Wildman–Crippen LogP) is 4.87. The Hall–Kier alpha value is -2.16. The molecule has 4 rings (SSSR count). The van der Waals surface area contributed by atoms with Crippen LogP contribution < -0.4 is 0 Å². The van der Waals surface area contributed by atoms with Gasteiger partial charge in [0, 0.05) is 11.5 Å². The molecule has 3 saturated carbocycles. The van der Waals surface area contributed by atoms with Gasteiger partial charge in [-0.15, -0.1) is 0 Å². The predicted molar refractivity (Wildman–Crippen MR) is 101 cm³/mol. The Morgan fingerprint density at radius 2 is 1.81 bits per heavy atom. The van der Waals surface area contributed by atoms with Gasteiger partial charge >= 0.3 is 5.97 Å². The topological polar surface area (TPSA) is 43.4 Å². The second kappa shape index (κ2) is 6.53. The summed E-state index contributed by atoms with van der Waals surface area (Å²) in [6, 6.07) is 10.3. The van der Waals surface area contributed by atoms with Crippen LogP contribution in [0.2, 0.25) is 0 Å². The summed E-state index contributed by atoms with van der Waals surface area (Å²) in [6.45, 7) is 2.13. The number of methoxy groups -OCH3 is 1. The van der Waals surface area contributed by atoms with Gasteiger partial charge in [0.25, 0.3) is 0 Å². The molecule has 1 aromatic rings. The lowest BCUT2D eigenvalue weighted by Gasteiger charge is -2.28. The normalized spacial score (nSPS) is 29.9. The third-order valence-corrected chi connectivity index (χ3v) is 6.60. The van der Waals surface area contributed by atoms with Crippen molar-refractivity contribution in [1.82, 2.24) is 0 Å². The molecule has 2 atom stereocenters. The summed E-state index contributed by atoms with van der Waals surface area (Å²) < 4.78 is 5.09. The Morgan fingerprint density at radius 1 is 1.12 bits per heavy atom. The first-order valence-corrected chi connectivity index (χ1v) is 9.68. The van der Waals surface area contributed by atoms with Crippen molar-refractivity contribution in [2.75, 3.05) is 7.11 Å². The highest BCUT2D eigenvalue weighted by molar-refractivity contribution is 6.17. The Morgan fingerprint density at radius 3 is 2.46 bits per heavy atom. The summed E-state index contributed by atoms with van der Waals surface area (Å²) in [5.74, 6) is -0.208. The molecular weight excluding hydrogens is 324 g/mol. The maximum Gasteiger partial charge on any atom is 0.320 e. The first kappa shape index (κ1) is 17.3. The van der Waals surface area contributed by atoms with Crippen molar-refractivity contribution in [3.05, 3.63) is 52.6 Å². The van der Waals surface area contributed by atoms with Gasteiger partial charge in [0.2, 0.25) is 0 Å². The van der Waals surface area contributed by atoms with E-state index in [0.29, 0.717) is 12.8 Å². The monoisotopic (exact) mass is 350 g/mol. The van der Waals surface area contributed by atoms with E-state index >= 15 is 0 Å². The molecule has 0 amide bonds. The number of Topliss-reactive ketones (excluding diaryl/α,β-unsaturated/α-hetero) is 1. The minimum Gasteiger partial charge on any atom is -0.468 e. The maximum atomic E-state index is 13.3. The molecule has 0 saturated heterocycles. The zero-order chi connectivity index (χ0) is 18.3. The average Bonchev–Trinajstić information content (AvgIpc) is 3.22. The number of ketones is 1. The third-order valence-electron chi connectivity index (χ3n) is 6.60. The number of esters is 1. The molecule has 26 heavy (non-hydrogen) atoms. The number of hydrogen-bond donors (Lipinski definition) is 0. The summed E-state index contributed by atoms with van der Waals surface area (Å²) in [5, 5.41) is 0. The van der Waals surface area contributed by atoms with Crippen LogP contribution in [0.25, 0.3) is 5.57 Å². The Balaban J connectivity index is 1.85. The molecule has 0 aromatic heterocycles. The van der Waals surface area contributed by atoms with Crippen LogP contribution in [0.15, 0.2) is 47.1 Å². The second-order valence-electron chi connectivity index (χ2n) is 7.93. The zero-order valence-corrected chi connectivity index (χ0v) is 15.6. The van der Waals surface area contributed by atoms with Crippen LogP contribution in [0, 0.1) is 11.3 Å². The molecule has 3 fully saturated rings. The van der Waals surface area contributed by atoms with E-state index in [1.165, 1.54) is 35.8 Å². The summed E-state index contributed by atoms with van der Waals surface area (Å²) in [5.41, 5.74) is 4.92. The van der Waals surface area contributed by atoms with Crippen LogP contribution in [-0.2, 0) is 14.3 Å². The number of carbonyl (C=O) groups excluding carboxylic acids is 2. The second-order valence-corrected chi connectivity index (χ2v) is 7.93. The standard InChI is InChI=1S/C23H26O3/c1-15(16-9-5-3-6-10-16)18-13-23(22(25)26-2)14-19(18)20(21(23)24)17-11-7-4-8-12-17/h3,5-6,9-10,19H,4,7-8,11-14H2,1-2H3/b18-15-/t19-,23+/m1/s1. The van der Waals surface area contributed by atoms with E-state index in [1.807, 2.05) is 18.2 Å². The SMILES string of the molecule is COC(=O)[C@@]12C/C(=C(\C)c3ccccc3)[C@@H](C1)C(=C1CCCCC1)C2=O. The van der Waals surface area contributed by atoms with Crippen molar-refractivity contribution in [3.63, 3.8) is 0 Å². The number of hydrogen-bond acceptors (Lipinski definition) is 3. The van der Waals surface area contributed by atoms with Gasteiger partial charge in [-0.25, -0.2) is 0 Å². The maximum absolute atomic E-state index is 13.3. The van der Waals surface area contributed by atoms with Crippen LogP contribution in [0.5, 0.6) is 0 Å². The number of ether oxygens (including phenoxy) is 1. The van der Waals surface area contributed by atoms with E-state index in [2.05, 4.69) is 19.1 Å². The van der Waals surface area contributed by atoms with E-state index in [-0.39, 0.29) is 17.7 Å². The van der Waals surface area contributed by atoms with Gasteiger partial charge < -0.3 is 4.74 Å². The summed E-state index contributed by atoms with van der Waals surface area (Å²) in [7, 11) is 1.40. The van der Waals surface area contributed by atoms with E-state index in [9.17, 15) is 9.59 Å². The van der Waals surface area contributed by atoms with E-state index in [4.69, 9.17) is 4.74 Å². The van der Waals surface area contributed by atoms with Gasteiger partial charge in [0.15, 0.2) is 5.78 Å². The number of carbonyl (C=O) groups is 2. The first-order valence-electron chi connectivity index (χ1n) is 9.68. The zero-order valence-electron chi connectivity index (χ0n) is 15.6. The molecular formula is C23H26O3. The molecule has 3 aliphatic carbocycles. The highest BCUT2D eigenvalue weighted by atomic mass is 16.5. The van der Waals surface area contributed by atoms with Crippen molar-refractivity contribution < 1.29 is 14.3 Å². The molecule has 3 heteroatoms. The lowest BCUT2D eigenvalue weighted by molar-refractivity contribution is -0.155. The molecule has 3 aliphatic rings. The van der Waals surface area contributed by atoms with Gasteiger partial charge in [-0.2, -0.15) is 0 Å². The molecule has 0 N–H and O–H groups in total. The highest BCUT2D eigenvalue weighted by Crippen LogP contribution is 2.60. The fraction of sp³-hybridized carbons (Fsp3) is 0.478. The molecule has 0 spiro atoms. The average molecular weight is 350 g/mol. The largest absolute Gasteiger partial charge is 0.468 e. The highest BCUT2D eigenvalue weighted by Gasteiger charge is 2.63. The summed E-state index contributed by atoms with van der Waals surface area (Å²) in [6.07, 6.45) is 6.67. The van der Waals surface area contributed by atoms with Crippen LogP contribution >= 0.6 is 0 Å². The number of allylic oxidation sites excluding steroid dienone is 4. The number of benzene rings is 1. The van der Waals surface area contributed by atoms with Crippen molar-refractivity contribution >= 4 is 17.3 Å².